The minimum atomic E-state index is -0.591. The molecule has 1 aliphatic carbocycles. The molecule has 0 bridgehead atoms. The predicted octanol–water partition coefficient (Wildman–Crippen LogP) is 6.10. The fourth-order valence-corrected chi connectivity index (χ4v) is 5.48. The van der Waals surface area contributed by atoms with Crippen molar-refractivity contribution in [3.63, 3.8) is 0 Å². The molecule has 4 nitrogen and oxygen atoms in total. The van der Waals surface area contributed by atoms with Crippen LogP contribution in [0.5, 0.6) is 0 Å². The fraction of sp³-hybridized carbons (Fsp3) is 0.385. The number of nitrogens with one attached hydrogen (secondary N) is 1. The lowest BCUT2D eigenvalue weighted by molar-refractivity contribution is 0.0790. The SMILES string of the molecule is C=CCN(CC=C)C(=O)c1c(NC(=O)c2ccccc2F)sc2c1CCC(C(C)(C)C)C2. The maximum atomic E-state index is 14.2. The van der Waals surface area contributed by atoms with Crippen LogP contribution in [0.25, 0.3) is 0 Å². The fourth-order valence-electron chi connectivity index (χ4n) is 4.17. The van der Waals surface area contributed by atoms with Gasteiger partial charge in [-0.1, -0.05) is 45.1 Å². The minimum Gasteiger partial charge on any atom is -0.331 e. The van der Waals surface area contributed by atoms with Gasteiger partial charge in [-0.25, -0.2) is 4.39 Å². The summed E-state index contributed by atoms with van der Waals surface area (Å²) in [6.07, 6.45) is 5.97. The molecule has 2 aromatic rings. The van der Waals surface area contributed by atoms with Crippen LogP contribution in [-0.2, 0) is 12.8 Å². The van der Waals surface area contributed by atoms with Gasteiger partial charge in [-0.2, -0.15) is 0 Å². The summed E-state index contributed by atoms with van der Waals surface area (Å²) in [5.41, 5.74) is 1.63. The van der Waals surface area contributed by atoms with Crippen LogP contribution in [0, 0.1) is 17.2 Å². The second kappa shape index (κ2) is 9.82. The van der Waals surface area contributed by atoms with Crippen LogP contribution in [-0.4, -0.2) is 29.8 Å². The Kier molecular flexibility index (Phi) is 7.34. The molecule has 0 aliphatic heterocycles. The second-order valence-electron chi connectivity index (χ2n) is 9.24. The highest BCUT2D eigenvalue weighted by atomic mass is 32.1. The van der Waals surface area contributed by atoms with Crippen LogP contribution in [0.2, 0.25) is 0 Å². The third-order valence-electron chi connectivity index (χ3n) is 6.04. The molecule has 170 valence electrons. The van der Waals surface area contributed by atoms with E-state index in [-0.39, 0.29) is 16.9 Å². The largest absolute Gasteiger partial charge is 0.331 e. The summed E-state index contributed by atoms with van der Waals surface area (Å²) in [6.45, 7) is 15.0. The van der Waals surface area contributed by atoms with E-state index < -0.39 is 11.7 Å². The van der Waals surface area contributed by atoms with Crippen molar-refractivity contribution in [1.29, 1.82) is 0 Å². The zero-order chi connectivity index (χ0) is 23.5. The number of hydrogen-bond acceptors (Lipinski definition) is 3. The van der Waals surface area contributed by atoms with E-state index >= 15 is 0 Å². The number of hydrogen-bond donors (Lipinski definition) is 1. The van der Waals surface area contributed by atoms with Gasteiger partial charge in [0.2, 0.25) is 0 Å². The molecule has 1 heterocycles. The van der Waals surface area contributed by atoms with E-state index in [2.05, 4.69) is 39.2 Å². The van der Waals surface area contributed by atoms with Gasteiger partial charge in [0.15, 0.2) is 0 Å². The number of thiophene rings is 1. The predicted molar refractivity (Wildman–Crippen MR) is 130 cm³/mol. The van der Waals surface area contributed by atoms with Crippen molar-refractivity contribution in [1.82, 2.24) is 4.90 Å². The first-order valence-corrected chi connectivity index (χ1v) is 11.7. The molecule has 6 heteroatoms. The average molecular weight is 455 g/mol. The minimum absolute atomic E-state index is 0.0427. The van der Waals surface area contributed by atoms with Gasteiger partial charge in [0.05, 0.1) is 11.1 Å². The number of halogens is 1. The Morgan fingerprint density at radius 1 is 1.22 bits per heavy atom. The normalized spacial score (nSPS) is 15.6. The van der Waals surface area contributed by atoms with Gasteiger partial charge < -0.3 is 10.2 Å². The number of carbonyl (C=O) groups excluding carboxylic acids is 2. The standard InChI is InChI=1S/C26H31FN2O2S/c1-6-14-29(15-7-2)25(31)22-19-13-12-17(26(3,4)5)16-21(19)32-24(22)28-23(30)18-10-8-9-11-20(18)27/h6-11,17H,1-2,12-16H2,3-5H3,(H,28,30). The molecule has 1 aromatic heterocycles. The Bertz CT molecular complexity index is 1020. The Morgan fingerprint density at radius 3 is 2.47 bits per heavy atom. The number of amides is 2. The Labute approximate surface area is 193 Å². The van der Waals surface area contributed by atoms with E-state index in [4.69, 9.17) is 0 Å². The Morgan fingerprint density at radius 2 is 1.88 bits per heavy atom. The van der Waals surface area contributed by atoms with Crippen molar-refractivity contribution in [2.45, 2.75) is 40.0 Å². The molecular formula is C26H31FN2O2S. The zero-order valence-corrected chi connectivity index (χ0v) is 19.9. The highest BCUT2D eigenvalue weighted by molar-refractivity contribution is 7.17. The highest BCUT2D eigenvalue weighted by Gasteiger charge is 2.35. The highest BCUT2D eigenvalue weighted by Crippen LogP contribution is 2.44. The van der Waals surface area contributed by atoms with Crippen molar-refractivity contribution in [2.75, 3.05) is 18.4 Å². The van der Waals surface area contributed by atoms with Crippen molar-refractivity contribution < 1.29 is 14.0 Å². The molecule has 3 rings (SSSR count). The Hall–Kier alpha value is -2.73. The van der Waals surface area contributed by atoms with Crippen LogP contribution in [0.1, 0.15) is 58.3 Å². The lowest BCUT2D eigenvalue weighted by Gasteiger charge is -2.34. The third-order valence-corrected chi connectivity index (χ3v) is 7.21. The molecule has 32 heavy (non-hydrogen) atoms. The molecule has 0 radical (unpaired) electrons. The second-order valence-corrected chi connectivity index (χ2v) is 10.3. The summed E-state index contributed by atoms with van der Waals surface area (Å²) in [5.74, 6) is -0.821. The van der Waals surface area contributed by atoms with Crippen LogP contribution >= 0.6 is 11.3 Å². The quantitative estimate of drug-likeness (QED) is 0.514. The molecule has 0 spiro atoms. The van der Waals surface area contributed by atoms with Gasteiger partial charge in [-0.15, -0.1) is 24.5 Å². The summed E-state index contributed by atoms with van der Waals surface area (Å²) >= 11 is 1.44. The Balaban J connectivity index is 2.03. The zero-order valence-electron chi connectivity index (χ0n) is 19.0. The van der Waals surface area contributed by atoms with Crippen molar-refractivity contribution >= 4 is 28.2 Å². The van der Waals surface area contributed by atoms with Crippen molar-refractivity contribution in [3.05, 3.63) is 77.0 Å². The monoisotopic (exact) mass is 454 g/mol. The van der Waals surface area contributed by atoms with E-state index in [1.54, 1.807) is 29.2 Å². The maximum Gasteiger partial charge on any atom is 0.259 e. The van der Waals surface area contributed by atoms with E-state index in [0.29, 0.717) is 29.6 Å². The molecule has 0 saturated heterocycles. The number of fused-ring (bicyclic) bond motifs is 1. The van der Waals surface area contributed by atoms with Gasteiger partial charge in [0, 0.05) is 18.0 Å². The summed E-state index contributed by atoms with van der Waals surface area (Å²) in [6, 6.07) is 5.86. The van der Waals surface area contributed by atoms with Gasteiger partial charge >= 0.3 is 0 Å². The van der Waals surface area contributed by atoms with Gasteiger partial charge in [-0.3, -0.25) is 9.59 Å². The molecular weight excluding hydrogens is 423 g/mol. The molecule has 1 aliphatic rings. The molecule has 2 amide bonds. The first-order valence-electron chi connectivity index (χ1n) is 10.9. The smallest absolute Gasteiger partial charge is 0.259 e. The maximum absolute atomic E-state index is 14.2. The number of benzene rings is 1. The topological polar surface area (TPSA) is 49.4 Å². The van der Waals surface area contributed by atoms with E-state index in [9.17, 15) is 14.0 Å². The van der Waals surface area contributed by atoms with Gasteiger partial charge in [-0.05, 0) is 48.3 Å². The van der Waals surface area contributed by atoms with Crippen LogP contribution < -0.4 is 5.32 Å². The first-order chi connectivity index (χ1) is 15.2. The van der Waals surface area contributed by atoms with E-state index in [0.717, 1.165) is 29.7 Å². The number of rotatable bonds is 7. The number of carbonyl (C=O) groups is 2. The summed E-state index contributed by atoms with van der Waals surface area (Å²) in [4.78, 5) is 29.2. The molecule has 1 atom stereocenters. The third kappa shape index (κ3) is 5.01. The van der Waals surface area contributed by atoms with E-state index in [1.165, 1.54) is 23.5 Å². The molecule has 1 N–H and O–H groups in total. The van der Waals surface area contributed by atoms with E-state index in [1.807, 2.05) is 0 Å². The molecule has 0 saturated carbocycles. The van der Waals surface area contributed by atoms with Crippen molar-refractivity contribution in [3.8, 4) is 0 Å². The average Bonchev–Trinajstić information content (AvgIpc) is 3.09. The van der Waals surface area contributed by atoms with Crippen molar-refractivity contribution in [2.24, 2.45) is 11.3 Å². The molecule has 0 fully saturated rings. The number of nitrogens with zero attached hydrogens (tertiary/aromatic N) is 1. The molecule has 1 unspecified atom stereocenters. The summed E-state index contributed by atoms with van der Waals surface area (Å²) in [5, 5.41) is 3.33. The van der Waals surface area contributed by atoms with Crippen LogP contribution in [0.4, 0.5) is 9.39 Å². The summed E-state index contributed by atoms with van der Waals surface area (Å²) in [7, 11) is 0. The van der Waals surface area contributed by atoms with Crippen LogP contribution in [0.15, 0.2) is 49.6 Å². The summed E-state index contributed by atoms with van der Waals surface area (Å²) < 4.78 is 14.2. The van der Waals surface area contributed by atoms with Crippen LogP contribution in [0.3, 0.4) is 0 Å². The lowest BCUT2D eigenvalue weighted by atomic mass is 9.72. The lowest BCUT2D eigenvalue weighted by Crippen LogP contribution is -2.33. The number of anilines is 1. The van der Waals surface area contributed by atoms with Gasteiger partial charge in [0.25, 0.3) is 11.8 Å². The van der Waals surface area contributed by atoms with Gasteiger partial charge in [0.1, 0.15) is 10.8 Å². The molecule has 1 aromatic carbocycles. The first kappa shape index (κ1) is 23.9.